The Balaban J connectivity index is 1.43. The molecule has 4 rings (SSSR count). The third-order valence-corrected chi connectivity index (χ3v) is 5.94. The van der Waals surface area contributed by atoms with E-state index < -0.39 is 5.91 Å². The largest absolute Gasteiger partial charge is 0.472 e. The summed E-state index contributed by atoms with van der Waals surface area (Å²) in [6, 6.07) is 10.8. The molecule has 2 aliphatic rings. The van der Waals surface area contributed by atoms with Crippen molar-refractivity contribution in [3.63, 3.8) is 0 Å². The topological polar surface area (TPSA) is 70.1 Å². The van der Waals surface area contributed by atoms with E-state index in [9.17, 15) is 4.79 Å². The SMILES string of the molecule is COC(=O)c1cccc(COC2(N3CC[C@H](Oc4ncccc4Cl)C3)CCCCO2)c1. The Morgan fingerprint density at radius 1 is 1.32 bits per heavy atom. The van der Waals surface area contributed by atoms with Crippen LogP contribution < -0.4 is 4.74 Å². The van der Waals surface area contributed by atoms with Crippen molar-refractivity contribution in [3.05, 3.63) is 58.7 Å². The maximum Gasteiger partial charge on any atom is 0.337 e. The Kier molecular flexibility index (Phi) is 7.07. The summed E-state index contributed by atoms with van der Waals surface area (Å²) in [5.41, 5.74) is 1.40. The summed E-state index contributed by atoms with van der Waals surface area (Å²) in [5, 5.41) is 0.506. The molecule has 1 aromatic heterocycles. The molecule has 1 unspecified atom stereocenters. The van der Waals surface area contributed by atoms with Gasteiger partial charge in [-0.2, -0.15) is 0 Å². The predicted octanol–water partition coefficient (Wildman–Crippen LogP) is 4.05. The lowest BCUT2D eigenvalue weighted by molar-refractivity contribution is -0.334. The predicted molar refractivity (Wildman–Crippen MR) is 115 cm³/mol. The maximum absolute atomic E-state index is 11.8. The number of nitrogens with zero attached hydrogens (tertiary/aromatic N) is 2. The number of aromatic nitrogens is 1. The van der Waals surface area contributed by atoms with Gasteiger partial charge in [0.2, 0.25) is 11.8 Å². The van der Waals surface area contributed by atoms with Gasteiger partial charge < -0.3 is 18.9 Å². The van der Waals surface area contributed by atoms with Crippen LogP contribution in [-0.4, -0.2) is 54.7 Å². The molecule has 0 radical (unpaired) electrons. The van der Waals surface area contributed by atoms with E-state index in [-0.39, 0.29) is 12.1 Å². The average Bonchev–Trinajstić information content (AvgIpc) is 3.29. The number of hydrogen-bond acceptors (Lipinski definition) is 7. The number of halogens is 1. The number of carbonyl (C=O) groups is 1. The van der Waals surface area contributed by atoms with Crippen LogP contribution in [0.5, 0.6) is 5.88 Å². The van der Waals surface area contributed by atoms with Gasteiger partial charge in [0.25, 0.3) is 0 Å². The summed E-state index contributed by atoms with van der Waals surface area (Å²) in [6.45, 7) is 2.43. The zero-order valence-corrected chi connectivity index (χ0v) is 18.3. The van der Waals surface area contributed by atoms with E-state index in [1.54, 1.807) is 30.5 Å². The molecule has 0 saturated carbocycles. The first kappa shape index (κ1) is 22.0. The Bertz CT molecular complexity index is 903. The highest BCUT2D eigenvalue weighted by atomic mass is 35.5. The molecule has 1 aromatic carbocycles. The molecule has 7 nitrogen and oxygen atoms in total. The second-order valence-electron chi connectivity index (χ2n) is 7.76. The Hall–Kier alpha value is -2.19. The van der Waals surface area contributed by atoms with E-state index in [2.05, 4.69) is 9.88 Å². The van der Waals surface area contributed by atoms with Gasteiger partial charge in [-0.1, -0.05) is 23.7 Å². The van der Waals surface area contributed by atoms with Crippen molar-refractivity contribution in [2.75, 3.05) is 26.8 Å². The molecule has 2 saturated heterocycles. The van der Waals surface area contributed by atoms with Crippen molar-refractivity contribution in [2.45, 2.75) is 44.3 Å². The molecule has 8 heteroatoms. The Morgan fingerprint density at radius 3 is 3.00 bits per heavy atom. The molecule has 2 atom stereocenters. The lowest BCUT2D eigenvalue weighted by Crippen LogP contribution is -2.54. The highest BCUT2D eigenvalue weighted by Crippen LogP contribution is 2.35. The lowest BCUT2D eigenvalue weighted by Gasteiger charge is -2.43. The standard InChI is InChI=1S/C23H27ClN2O5/c1-28-22(27)18-7-4-6-17(14-18)16-30-23(10-2-3-13-29-23)26-12-9-19(15-26)31-21-20(24)8-5-11-25-21/h4-8,11,14,19H,2-3,9-10,12-13,15-16H2,1H3/t19-,23?/m0/s1. The number of hydrogen-bond donors (Lipinski definition) is 0. The minimum atomic E-state index is -0.800. The van der Waals surface area contributed by atoms with E-state index in [0.29, 0.717) is 36.2 Å². The van der Waals surface area contributed by atoms with Crippen LogP contribution in [-0.2, 0) is 20.8 Å². The number of ether oxygens (including phenoxy) is 4. The molecular weight excluding hydrogens is 420 g/mol. The fraction of sp³-hybridized carbons (Fsp3) is 0.478. The first-order valence-corrected chi connectivity index (χ1v) is 10.9. The number of esters is 1. The summed E-state index contributed by atoms with van der Waals surface area (Å²) in [6.07, 6.45) is 5.28. The minimum Gasteiger partial charge on any atom is -0.472 e. The smallest absolute Gasteiger partial charge is 0.337 e. The first-order chi connectivity index (χ1) is 15.1. The van der Waals surface area contributed by atoms with Crippen molar-refractivity contribution < 1.29 is 23.7 Å². The van der Waals surface area contributed by atoms with Crippen molar-refractivity contribution >= 4 is 17.6 Å². The number of benzene rings is 1. The maximum atomic E-state index is 11.8. The van der Waals surface area contributed by atoms with E-state index in [1.807, 2.05) is 12.1 Å². The summed E-state index contributed by atoms with van der Waals surface area (Å²) >= 11 is 6.19. The van der Waals surface area contributed by atoms with E-state index in [1.165, 1.54) is 7.11 Å². The molecule has 166 valence electrons. The van der Waals surface area contributed by atoms with Gasteiger partial charge in [-0.05, 0) is 49.1 Å². The second kappa shape index (κ2) is 9.96. The van der Waals surface area contributed by atoms with Crippen LogP contribution in [0.3, 0.4) is 0 Å². The lowest BCUT2D eigenvalue weighted by atomic mass is 10.1. The van der Waals surface area contributed by atoms with E-state index in [4.69, 9.17) is 30.5 Å². The molecular formula is C23H27ClN2O5. The van der Waals surface area contributed by atoms with Gasteiger partial charge in [0.15, 0.2) is 0 Å². The Morgan fingerprint density at radius 2 is 2.23 bits per heavy atom. The second-order valence-corrected chi connectivity index (χ2v) is 8.17. The molecule has 0 N–H and O–H groups in total. The van der Waals surface area contributed by atoms with Gasteiger partial charge in [0.05, 0.1) is 25.9 Å². The fourth-order valence-electron chi connectivity index (χ4n) is 4.06. The summed E-state index contributed by atoms with van der Waals surface area (Å²) in [4.78, 5) is 18.3. The number of likely N-dealkylation sites (tertiary alicyclic amines) is 1. The molecule has 0 bridgehead atoms. The molecule has 2 fully saturated rings. The molecule has 2 aromatic rings. The molecule has 3 heterocycles. The normalized spacial score (nSPS) is 24.1. The molecule has 0 spiro atoms. The van der Waals surface area contributed by atoms with Gasteiger partial charge in [-0.3, -0.25) is 0 Å². The van der Waals surface area contributed by atoms with Gasteiger partial charge >= 0.3 is 5.97 Å². The molecule has 0 aliphatic carbocycles. The van der Waals surface area contributed by atoms with Gasteiger partial charge in [0.1, 0.15) is 11.1 Å². The average molecular weight is 447 g/mol. The van der Waals surface area contributed by atoms with Crippen LogP contribution in [0.1, 0.15) is 41.6 Å². The van der Waals surface area contributed by atoms with Gasteiger partial charge in [-0.15, -0.1) is 0 Å². The number of pyridine rings is 1. The fourth-order valence-corrected chi connectivity index (χ4v) is 4.23. The van der Waals surface area contributed by atoms with Crippen LogP contribution in [0, 0.1) is 0 Å². The Labute approximate surface area is 187 Å². The molecule has 2 aliphatic heterocycles. The van der Waals surface area contributed by atoms with Crippen LogP contribution in [0.25, 0.3) is 0 Å². The first-order valence-electron chi connectivity index (χ1n) is 10.6. The van der Waals surface area contributed by atoms with Crippen LogP contribution in [0.15, 0.2) is 42.6 Å². The third-order valence-electron chi connectivity index (χ3n) is 5.66. The highest BCUT2D eigenvalue weighted by Gasteiger charge is 2.44. The molecule has 0 amide bonds. The number of methoxy groups -OCH3 is 1. The monoisotopic (exact) mass is 446 g/mol. The zero-order chi connectivity index (χ0) is 21.7. The highest BCUT2D eigenvalue weighted by molar-refractivity contribution is 6.31. The van der Waals surface area contributed by atoms with Crippen LogP contribution in [0.2, 0.25) is 5.02 Å². The van der Waals surface area contributed by atoms with E-state index in [0.717, 1.165) is 37.8 Å². The van der Waals surface area contributed by atoms with Crippen LogP contribution in [0.4, 0.5) is 0 Å². The number of carbonyl (C=O) groups excluding carboxylic acids is 1. The van der Waals surface area contributed by atoms with Crippen molar-refractivity contribution in [1.82, 2.24) is 9.88 Å². The molecule has 31 heavy (non-hydrogen) atoms. The third kappa shape index (κ3) is 5.18. The minimum absolute atomic E-state index is 0.0407. The number of rotatable bonds is 7. The van der Waals surface area contributed by atoms with Crippen molar-refractivity contribution in [2.24, 2.45) is 0 Å². The summed E-state index contributed by atoms with van der Waals surface area (Å²) in [7, 11) is 1.38. The van der Waals surface area contributed by atoms with Crippen molar-refractivity contribution in [3.8, 4) is 5.88 Å². The van der Waals surface area contributed by atoms with Crippen molar-refractivity contribution in [1.29, 1.82) is 0 Å². The quantitative estimate of drug-likeness (QED) is 0.594. The van der Waals surface area contributed by atoms with Gasteiger partial charge in [0, 0.05) is 25.7 Å². The summed E-state index contributed by atoms with van der Waals surface area (Å²) in [5.74, 6) is -0.709. The van der Waals surface area contributed by atoms with Crippen LogP contribution >= 0.6 is 11.6 Å². The van der Waals surface area contributed by atoms with E-state index >= 15 is 0 Å². The summed E-state index contributed by atoms with van der Waals surface area (Å²) < 4.78 is 23.4. The van der Waals surface area contributed by atoms with Gasteiger partial charge in [-0.25, -0.2) is 14.7 Å². The zero-order valence-electron chi connectivity index (χ0n) is 17.6.